The summed E-state index contributed by atoms with van der Waals surface area (Å²) in [5, 5.41) is 0. The van der Waals surface area contributed by atoms with E-state index in [2.05, 4.69) is 61.5 Å². The molecule has 0 fully saturated rings. The van der Waals surface area contributed by atoms with Crippen LogP contribution in [0.2, 0.25) is 0 Å². The lowest BCUT2D eigenvalue weighted by atomic mass is 9.87. The second-order valence-electron chi connectivity index (χ2n) is 4.30. The Kier molecular flexibility index (Phi) is 4.22. The van der Waals surface area contributed by atoms with Crippen molar-refractivity contribution in [3.8, 4) is 0 Å². The highest BCUT2D eigenvalue weighted by atomic mass is 35.5. The first-order valence-corrected chi connectivity index (χ1v) is 6.53. The number of benzene rings is 2. The topological polar surface area (TPSA) is 0 Å². The van der Waals surface area contributed by atoms with Gasteiger partial charge in [0.2, 0.25) is 0 Å². The molecule has 1 unspecified atom stereocenters. The summed E-state index contributed by atoms with van der Waals surface area (Å²) < 4.78 is 0. The molecule has 0 saturated carbocycles. The van der Waals surface area contributed by atoms with Crippen LogP contribution >= 0.6 is 11.6 Å². The van der Waals surface area contributed by atoms with Crippen LogP contribution in [0.4, 0.5) is 0 Å². The maximum absolute atomic E-state index is 5.95. The zero-order valence-electron chi connectivity index (χ0n) is 10.1. The Bertz CT molecular complexity index is 462. The fourth-order valence-electron chi connectivity index (χ4n) is 2.27. The smallest absolute Gasteiger partial charge is 0.0232 e. The fourth-order valence-corrected chi connectivity index (χ4v) is 2.49. The van der Waals surface area contributed by atoms with E-state index < -0.39 is 0 Å². The Labute approximate surface area is 108 Å². The van der Waals surface area contributed by atoms with E-state index in [1.54, 1.807) is 0 Å². The summed E-state index contributed by atoms with van der Waals surface area (Å²) in [7, 11) is 0. The van der Waals surface area contributed by atoms with Crippen LogP contribution in [0.1, 0.15) is 29.0 Å². The molecule has 0 aliphatic rings. The normalized spacial score (nSPS) is 12.4. The molecule has 2 aromatic rings. The molecule has 2 rings (SSSR count). The Hall–Kier alpha value is -1.27. The fraction of sp³-hybridized carbons (Fsp3) is 0.250. The molecule has 0 aromatic heterocycles. The summed E-state index contributed by atoms with van der Waals surface area (Å²) in [4.78, 5) is 0. The van der Waals surface area contributed by atoms with E-state index in [1.807, 2.05) is 0 Å². The molecule has 17 heavy (non-hydrogen) atoms. The van der Waals surface area contributed by atoms with Gasteiger partial charge in [-0.2, -0.15) is 0 Å². The minimum absolute atomic E-state index is 0.412. The Morgan fingerprint density at radius 2 is 1.59 bits per heavy atom. The average molecular weight is 245 g/mol. The van der Waals surface area contributed by atoms with Crippen LogP contribution in [0, 0.1) is 6.92 Å². The van der Waals surface area contributed by atoms with Gasteiger partial charge in [0.25, 0.3) is 0 Å². The zero-order valence-corrected chi connectivity index (χ0v) is 10.8. The minimum atomic E-state index is 0.412. The molecule has 0 saturated heterocycles. The zero-order chi connectivity index (χ0) is 12.1. The highest BCUT2D eigenvalue weighted by Gasteiger charge is 2.14. The van der Waals surface area contributed by atoms with Crippen molar-refractivity contribution < 1.29 is 0 Å². The van der Waals surface area contributed by atoms with E-state index >= 15 is 0 Å². The molecule has 88 valence electrons. The first-order valence-electron chi connectivity index (χ1n) is 5.99. The maximum atomic E-state index is 5.95. The minimum Gasteiger partial charge on any atom is -0.127 e. The van der Waals surface area contributed by atoms with Gasteiger partial charge in [-0.25, -0.2) is 0 Å². The van der Waals surface area contributed by atoms with Gasteiger partial charge in [-0.3, -0.25) is 0 Å². The molecule has 1 atom stereocenters. The van der Waals surface area contributed by atoms with Crippen LogP contribution in [0.15, 0.2) is 54.6 Å². The van der Waals surface area contributed by atoms with Gasteiger partial charge in [0, 0.05) is 11.8 Å². The monoisotopic (exact) mass is 244 g/mol. The van der Waals surface area contributed by atoms with Crippen LogP contribution in [0.3, 0.4) is 0 Å². The van der Waals surface area contributed by atoms with Gasteiger partial charge in [-0.05, 0) is 30.0 Å². The molecule has 1 heteroatoms. The molecule has 0 heterocycles. The van der Waals surface area contributed by atoms with Gasteiger partial charge in [0.15, 0.2) is 0 Å². The maximum Gasteiger partial charge on any atom is 0.0232 e. The molecule has 0 aliphatic carbocycles. The third-order valence-electron chi connectivity index (χ3n) is 3.16. The second kappa shape index (κ2) is 5.88. The van der Waals surface area contributed by atoms with Crippen molar-refractivity contribution in [3.63, 3.8) is 0 Å². The van der Waals surface area contributed by atoms with Crippen molar-refractivity contribution in [1.82, 2.24) is 0 Å². The molecular formula is C16H17Cl. The SMILES string of the molecule is Cc1ccccc1C(CCCl)c1ccccc1. The first-order chi connectivity index (χ1) is 8.33. The van der Waals surface area contributed by atoms with Crippen LogP contribution in [0.25, 0.3) is 0 Å². The van der Waals surface area contributed by atoms with Crippen molar-refractivity contribution >= 4 is 11.6 Å². The quantitative estimate of drug-likeness (QED) is 0.681. The van der Waals surface area contributed by atoms with E-state index in [9.17, 15) is 0 Å². The third kappa shape index (κ3) is 2.89. The summed E-state index contributed by atoms with van der Waals surface area (Å²) in [6.07, 6.45) is 0.983. The van der Waals surface area contributed by atoms with Crippen molar-refractivity contribution in [3.05, 3.63) is 71.3 Å². The summed E-state index contributed by atoms with van der Waals surface area (Å²) >= 11 is 5.95. The van der Waals surface area contributed by atoms with Crippen LogP contribution in [-0.2, 0) is 0 Å². The van der Waals surface area contributed by atoms with Gasteiger partial charge in [-0.15, -0.1) is 11.6 Å². The van der Waals surface area contributed by atoms with E-state index in [-0.39, 0.29) is 0 Å². The van der Waals surface area contributed by atoms with E-state index in [1.165, 1.54) is 16.7 Å². The lowest BCUT2D eigenvalue weighted by molar-refractivity contribution is 0.776. The molecule has 0 radical (unpaired) electrons. The number of rotatable bonds is 4. The predicted molar refractivity (Wildman–Crippen MR) is 74.8 cm³/mol. The Morgan fingerprint density at radius 1 is 0.941 bits per heavy atom. The number of alkyl halides is 1. The highest BCUT2D eigenvalue weighted by Crippen LogP contribution is 2.30. The van der Waals surface area contributed by atoms with Crippen molar-refractivity contribution in [2.45, 2.75) is 19.3 Å². The van der Waals surface area contributed by atoms with Crippen LogP contribution in [-0.4, -0.2) is 5.88 Å². The van der Waals surface area contributed by atoms with Gasteiger partial charge in [0.1, 0.15) is 0 Å². The first kappa shape index (κ1) is 12.2. The number of halogens is 1. The van der Waals surface area contributed by atoms with Crippen LogP contribution < -0.4 is 0 Å². The largest absolute Gasteiger partial charge is 0.127 e. The standard InChI is InChI=1S/C16H17Cl/c1-13-7-5-6-10-15(13)16(11-12-17)14-8-3-2-4-9-14/h2-10,16H,11-12H2,1H3. The number of aryl methyl sites for hydroxylation is 1. The predicted octanol–water partition coefficient (Wildman–Crippen LogP) is 4.76. The molecule has 2 aromatic carbocycles. The third-order valence-corrected chi connectivity index (χ3v) is 3.38. The second-order valence-corrected chi connectivity index (χ2v) is 4.68. The lowest BCUT2D eigenvalue weighted by Crippen LogP contribution is -2.03. The summed E-state index contributed by atoms with van der Waals surface area (Å²) in [5.74, 6) is 1.10. The van der Waals surface area contributed by atoms with Gasteiger partial charge in [0.05, 0.1) is 0 Å². The molecule has 0 amide bonds. The highest BCUT2D eigenvalue weighted by molar-refractivity contribution is 6.17. The van der Waals surface area contributed by atoms with E-state index in [4.69, 9.17) is 11.6 Å². The molecule has 0 spiro atoms. The average Bonchev–Trinajstić information content (AvgIpc) is 2.38. The summed E-state index contributed by atoms with van der Waals surface area (Å²) in [6, 6.07) is 19.2. The molecule has 0 bridgehead atoms. The summed E-state index contributed by atoms with van der Waals surface area (Å²) in [6.45, 7) is 2.17. The van der Waals surface area contributed by atoms with Crippen molar-refractivity contribution in [2.75, 3.05) is 5.88 Å². The van der Waals surface area contributed by atoms with E-state index in [0.29, 0.717) is 11.8 Å². The van der Waals surface area contributed by atoms with E-state index in [0.717, 1.165) is 6.42 Å². The summed E-state index contributed by atoms with van der Waals surface area (Å²) in [5.41, 5.74) is 4.08. The molecule has 0 aliphatic heterocycles. The molecular weight excluding hydrogens is 228 g/mol. The molecule has 0 N–H and O–H groups in total. The molecule has 0 nitrogen and oxygen atoms in total. The van der Waals surface area contributed by atoms with Gasteiger partial charge in [-0.1, -0.05) is 54.6 Å². The number of hydrogen-bond donors (Lipinski definition) is 0. The van der Waals surface area contributed by atoms with Crippen LogP contribution in [0.5, 0.6) is 0 Å². The van der Waals surface area contributed by atoms with Gasteiger partial charge < -0.3 is 0 Å². The van der Waals surface area contributed by atoms with Crippen molar-refractivity contribution in [1.29, 1.82) is 0 Å². The Morgan fingerprint density at radius 3 is 2.24 bits per heavy atom. The van der Waals surface area contributed by atoms with Gasteiger partial charge >= 0.3 is 0 Å². The lowest BCUT2D eigenvalue weighted by Gasteiger charge is -2.19. The Balaban J connectivity index is 2.39. The number of hydrogen-bond acceptors (Lipinski definition) is 0. The van der Waals surface area contributed by atoms with Crippen molar-refractivity contribution in [2.24, 2.45) is 0 Å².